The Hall–Kier alpha value is -3.92. The number of carbonyl (C=O) groups excluding carboxylic acids is 2. The SMILES string of the molecule is COc1cc(C)c(S(=O)(=O)N2c3ccccc3NC(=O)C2CC(=O)NCCc2ccncc2)c(C)c1C. The second kappa shape index (κ2) is 10.6. The zero-order valence-electron chi connectivity index (χ0n) is 21.2. The molecule has 1 aliphatic heterocycles. The minimum Gasteiger partial charge on any atom is -0.496 e. The molecule has 0 fully saturated rings. The molecule has 10 heteroatoms. The Morgan fingerprint density at radius 2 is 1.81 bits per heavy atom. The van der Waals surface area contributed by atoms with E-state index in [1.165, 1.54) is 7.11 Å². The predicted molar refractivity (Wildman–Crippen MR) is 141 cm³/mol. The normalized spacial score (nSPS) is 15.1. The third-order valence-electron chi connectivity index (χ3n) is 6.56. The van der Waals surface area contributed by atoms with E-state index in [1.807, 2.05) is 12.1 Å². The number of nitrogens with one attached hydrogen (secondary N) is 2. The van der Waals surface area contributed by atoms with Crippen molar-refractivity contribution in [1.82, 2.24) is 10.3 Å². The molecule has 0 aliphatic carbocycles. The quantitative estimate of drug-likeness (QED) is 0.469. The van der Waals surface area contributed by atoms with E-state index in [9.17, 15) is 18.0 Å². The van der Waals surface area contributed by atoms with E-state index in [0.29, 0.717) is 46.8 Å². The lowest BCUT2D eigenvalue weighted by atomic mass is 10.1. The fraction of sp³-hybridized carbons (Fsp3) is 0.296. The zero-order valence-corrected chi connectivity index (χ0v) is 22.1. The molecule has 4 rings (SSSR count). The largest absolute Gasteiger partial charge is 0.496 e. The van der Waals surface area contributed by atoms with Gasteiger partial charge in [0.25, 0.3) is 10.0 Å². The molecule has 3 aromatic rings. The third-order valence-corrected chi connectivity index (χ3v) is 8.68. The van der Waals surface area contributed by atoms with Crippen LogP contribution in [0, 0.1) is 20.8 Å². The number of methoxy groups -OCH3 is 1. The van der Waals surface area contributed by atoms with Gasteiger partial charge in [-0.1, -0.05) is 12.1 Å². The summed E-state index contributed by atoms with van der Waals surface area (Å²) >= 11 is 0. The molecule has 1 unspecified atom stereocenters. The first-order valence-corrected chi connectivity index (χ1v) is 13.3. The van der Waals surface area contributed by atoms with E-state index < -0.39 is 27.9 Å². The van der Waals surface area contributed by atoms with E-state index in [4.69, 9.17) is 4.74 Å². The van der Waals surface area contributed by atoms with Gasteiger partial charge in [0.15, 0.2) is 0 Å². The van der Waals surface area contributed by atoms with Gasteiger partial charge in [0, 0.05) is 18.9 Å². The molecule has 0 saturated carbocycles. The van der Waals surface area contributed by atoms with Crippen LogP contribution in [0.1, 0.15) is 28.7 Å². The molecule has 2 amide bonds. The maximum absolute atomic E-state index is 14.2. The summed E-state index contributed by atoms with van der Waals surface area (Å²) in [6, 6.07) is 10.8. The minimum absolute atomic E-state index is 0.0957. The molecule has 2 heterocycles. The van der Waals surface area contributed by atoms with Crippen LogP contribution in [0.25, 0.3) is 0 Å². The van der Waals surface area contributed by atoms with Gasteiger partial charge in [0.05, 0.1) is 29.8 Å². The molecular formula is C27H30N4O5S. The van der Waals surface area contributed by atoms with Gasteiger partial charge in [-0.05, 0) is 79.8 Å². The van der Waals surface area contributed by atoms with Gasteiger partial charge in [-0.15, -0.1) is 0 Å². The first-order chi connectivity index (χ1) is 17.6. The highest BCUT2D eigenvalue weighted by molar-refractivity contribution is 7.93. The van der Waals surface area contributed by atoms with Crippen LogP contribution < -0.4 is 19.7 Å². The van der Waals surface area contributed by atoms with Gasteiger partial charge in [0.1, 0.15) is 11.8 Å². The first-order valence-electron chi connectivity index (χ1n) is 11.9. The number of pyridine rings is 1. The number of aryl methyl sites for hydroxylation is 1. The number of para-hydroxylation sites is 2. The molecule has 1 aliphatic rings. The molecule has 0 radical (unpaired) electrons. The molecule has 1 aromatic heterocycles. The Bertz CT molecular complexity index is 1440. The number of hydrogen-bond acceptors (Lipinski definition) is 6. The standard InChI is InChI=1S/C27H30N4O5S/c1-17-15-24(36-4)18(2)19(3)26(17)37(34,35)31-22-8-6-5-7-21(22)30-27(33)23(31)16-25(32)29-14-11-20-9-12-28-13-10-20/h5-10,12-13,15,23H,11,14,16H2,1-4H3,(H,29,32)(H,30,33). The van der Waals surface area contributed by atoms with Gasteiger partial charge in [-0.25, -0.2) is 8.42 Å². The summed E-state index contributed by atoms with van der Waals surface area (Å²) in [6.45, 7) is 5.54. The van der Waals surface area contributed by atoms with E-state index in [0.717, 1.165) is 9.87 Å². The second-order valence-corrected chi connectivity index (χ2v) is 10.7. The molecule has 2 aromatic carbocycles. The number of amides is 2. The summed E-state index contributed by atoms with van der Waals surface area (Å²) in [6.07, 6.45) is 3.60. The van der Waals surface area contributed by atoms with Crippen LogP contribution in [0.4, 0.5) is 11.4 Å². The lowest BCUT2D eigenvalue weighted by Crippen LogP contribution is -2.53. The van der Waals surface area contributed by atoms with Crippen molar-refractivity contribution in [3.8, 4) is 5.75 Å². The average molecular weight is 523 g/mol. The smallest absolute Gasteiger partial charge is 0.265 e. The summed E-state index contributed by atoms with van der Waals surface area (Å²) in [5, 5.41) is 5.56. The summed E-state index contributed by atoms with van der Waals surface area (Å²) in [5.74, 6) is -0.406. The Morgan fingerprint density at radius 1 is 1.11 bits per heavy atom. The number of anilines is 2. The van der Waals surface area contributed by atoms with Crippen molar-refractivity contribution >= 4 is 33.2 Å². The van der Waals surface area contributed by atoms with Crippen LogP contribution in [0.15, 0.2) is 59.8 Å². The monoisotopic (exact) mass is 522 g/mol. The number of aromatic nitrogens is 1. The van der Waals surface area contributed by atoms with E-state index >= 15 is 0 Å². The topological polar surface area (TPSA) is 118 Å². The number of benzene rings is 2. The molecule has 2 N–H and O–H groups in total. The molecule has 0 saturated heterocycles. The van der Waals surface area contributed by atoms with E-state index in [2.05, 4.69) is 15.6 Å². The van der Waals surface area contributed by atoms with Crippen LogP contribution in [-0.4, -0.2) is 44.9 Å². The number of carbonyl (C=O) groups is 2. The predicted octanol–water partition coefficient (Wildman–Crippen LogP) is 3.28. The van der Waals surface area contributed by atoms with Crippen molar-refractivity contribution in [1.29, 1.82) is 0 Å². The van der Waals surface area contributed by atoms with Crippen LogP contribution in [0.5, 0.6) is 5.75 Å². The Morgan fingerprint density at radius 3 is 2.51 bits per heavy atom. The molecule has 194 valence electrons. The molecule has 0 spiro atoms. The second-order valence-electron chi connectivity index (χ2n) is 8.96. The van der Waals surface area contributed by atoms with Crippen molar-refractivity contribution in [2.24, 2.45) is 0 Å². The fourth-order valence-electron chi connectivity index (χ4n) is 4.61. The van der Waals surface area contributed by atoms with Gasteiger partial charge in [-0.3, -0.25) is 18.9 Å². The fourth-order valence-corrected chi connectivity index (χ4v) is 6.73. The van der Waals surface area contributed by atoms with Gasteiger partial charge in [0.2, 0.25) is 11.8 Å². The van der Waals surface area contributed by atoms with Gasteiger partial charge >= 0.3 is 0 Å². The highest BCUT2D eigenvalue weighted by atomic mass is 32.2. The zero-order chi connectivity index (χ0) is 26.7. The lowest BCUT2D eigenvalue weighted by Gasteiger charge is -2.37. The maximum Gasteiger partial charge on any atom is 0.265 e. The third kappa shape index (κ3) is 5.15. The van der Waals surface area contributed by atoms with Crippen molar-refractivity contribution < 1.29 is 22.7 Å². The first kappa shape index (κ1) is 26.2. The summed E-state index contributed by atoms with van der Waals surface area (Å²) in [4.78, 5) is 30.2. The number of sulfonamides is 1. The summed E-state index contributed by atoms with van der Waals surface area (Å²) in [5.41, 5.74) is 3.39. The van der Waals surface area contributed by atoms with Crippen LogP contribution in [-0.2, 0) is 26.0 Å². The number of fused-ring (bicyclic) bond motifs is 1. The Balaban J connectivity index is 1.69. The van der Waals surface area contributed by atoms with Crippen molar-refractivity contribution in [3.05, 3.63) is 77.1 Å². The molecule has 37 heavy (non-hydrogen) atoms. The maximum atomic E-state index is 14.2. The van der Waals surface area contributed by atoms with Crippen molar-refractivity contribution in [3.63, 3.8) is 0 Å². The molecule has 1 atom stereocenters. The molecule has 9 nitrogen and oxygen atoms in total. The van der Waals surface area contributed by atoms with E-state index in [-0.39, 0.29) is 11.3 Å². The summed E-state index contributed by atoms with van der Waals surface area (Å²) in [7, 11) is -2.71. The highest BCUT2D eigenvalue weighted by Crippen LogP contribution is 2.40. The van der Waals surface area contributed by atoms with Crippen LogP contribution >= 0.6 is 0 Å². The van der Waals surface area contributed by atoms with Gasteiger partial charge in [-0.2, -0.15) is 0 Å². The van der Waals surface area contributed by atoms with Crippen molar-refractivity contribution in [2.45, 2.75) is 44.6 Å². The lowest BCUT2D eigenvalue weighted by molar-refractivity contribution is -0.125. The number of hydrogen-bond donors (Lipinski definition) is 2. The van der Waals surface area contributed by atoms with Crippen molar-refractivity contribution in [2.75, 3.05) is 23.3 Å². The van der Waals surface area contributed by atoms with E-state index in [1.54, 1.807) is 63.5 Å². The average Bonchev–Trinajstić information content (AvgIpc) is 2.87. The minimum atomic E-state index is -4.25. The Kier molecular flexibility index (Phi) is 7.49. The number of nitrogens with zero attached hydrogens (tertiary/aromatic N) is 2. The van der Waals surface area contributed by atoms with Crippen LogP contribution in [0.2, 0.25) is 0 Å². The van der Waals surface area contributed by atoms with Crippen LogP contribution in [0.3, 0.4) is 0 Å². The number of ether oxygens (including phenoxy) is 1. The highest BCUT2D eigenvalue weighted by Gasteiger charge is 2.43. The van der Waals surface area contributed by atoms with Gasteiger partial charge < -0.3 is 15.4 Å². The number of rotatable bonds is 8. The molecule has 0 bridgehead atoms. The molecular weight excluding hydrogens is 492 g/mol. The Labute approximate surface area is 216 Å². The summed E-state index contributed by atoms with van der Waals surface area (Å²) < 4.78 is 35.0.